The molecular formula is C14H21NO4S. The molecule has 0 saturated carbocycles. The van der Waals surface area contributed by atoms with Crippen molar-refractivity contribution in [3.05, 3.63) is 23.8 Å². The molecule has 1 aliphatic heterocycles. The Labute approximate surface area is 120 Å². The summed E-state index contributed by atoms with van der Waals surface area (Å²) in [6.45, 7) is 3.22. The number of nitrogens with zero attached hydrogens (tertiary/aromatic N) is 1. The van der Waals surface area contributed by atoms with Crippen LogP contribution in [-0.2, 0) is 9.84 Å². The molecule has 1 N–H and O–H groups in total. The first-order valence-corrected chi connectivity index (χ1v) is 8.56. The minimum Gasteiger partial charge on any atom is -0.507 e. The van der Waals surface area contributed by atoms with E-state index in [-0.39, 0.29) is 23.3 Å². The molecule has 1 fully saturated rings. The zero-order valence-corrected chi connectivity index (χ0v) is 12.7. The third-order valence-electron chi connectivity index (χ3n) is 3.83. The van der Waals surface area contributed by atoms with Crippen LogP contribution in [0.2, 0.25) is 0 Å². The van der Waals surface area contributed by atoms with Crippen LogP contribution in [0.4, 0.5) is 0 Å². The number of benzene rings is 1. The molecule has 1 atom stereocenters. The summed E-state index contributed by atoms with van der Waals surface area (Å²) in [6.07, 6.45) is 0.642. The maximum absolute atomic E-state index is 11.6. The summed E-state index contributed by atoms with van der Waals surface area (Å²) in [5.41, 5.74) is 0.796. The molecule has 6 heteroatoms. The molecule has 1 saturated heterocycles. The van der Waals surface area contributed by atoms with Gasteiger partial charge in [0.05, 0.1) is 18.6 Å². The van der Waals surface area contributed by atoms with E-state index < -0.39 is 9.84 Å². The highest BCUT2D eigenvalue weighted by Crippen LogP contribution is 2.32. The van der Waals surface area contributed by atoms with E-state index in [1.807, 2.05) is 13.0 Å². The zero-order chi connectivity index (χ0) is 14.8. The lowest BCUT2D eigenvalue weighted by Crippen LogP contribution is -2.30. The molecule has 20 heavy (non-hydrogen) atoms. The van der Waals surface area contributed by atoms with E-state index in [1.54, 1.807) is 19.2 Å². The number of phenolic OH excluding ortho intramolecular Hbond substituents is 1. The van der Waals surface area contributed by atoms with Gasteiger partial charge in [-0.05, 0) is 26.0 Å². The lowest BCUT2D eigenvalue weighted by Gasteiger charge is -2.28. The number of aromatic hydroxyl groups is 1. The topological polar surface area (TPSA) is 66.8 Å². The Hall–Kier alpha value is -1.27. The van der Waals surface area contributed by atoms with E-state index in [4.69, 9.17) is 4.74 Å². The second-order valence-corrected chi connectivity index (χ2v) is 7.45. The first-order chi connectivity index (χ1) is 9.43. The van der Waals surface area contributed by atoms with E-state index in [1.165, 1.54) is 0 Å². The Morgan fingerprint density at radius 2 is 2.05 bits per heavy atom. The van der Waals surface area contributed by atoms with Crippen molar-refractivity contribution < 1.29 is 18.3 Å². The third-order valence-corrected chi connectivity index (χ3v) is 5.54. The van der Waals surface area contributed by atoms with Crippen molar-refractivity contribution in [2.24, 2.45) is 0 Å². The van der Waals surface area contributed by atoms with Gasteiger partial charge in [0.2, 0.25) is 0 Å². The van der Waals surface area contributed by atoms with Crippen LogP contribution in [0.25, 0.3) is 0 Å². The number of sulfone groups is 1. The first-order valence-electron chi connectivity index (χ1n) is 6.74. The lowest BCUT2D eigenvalue weighted by atomic mass is 10.1. The van der Waals surface area contributed by atoms with Crippen LogP contribution < -0.4 is 4.74 Å². The molecule has 0 bridgehead atoms. The monoisotopic (exact) mass is 299 g/mol. The molecule has 0 radical (unpaired) electrons. The van der Waals surface area contributed by atoms with Gasteiger partial charge in [0, 0.05) is 24.2 Å². The molecule has 2 rings (SSSR count). The van der Waals surface area contributed by atoms with Gasteiger partial charge in [-0.15, -0.1) is 0 Å². The summed E-state index contributed by atoms with van der Waals surface area (Å²) in [4.78, 5) is 2.10. The van der Waals surface area contributed by atoms with Crippen molar-refractivity contribution in [2.45, 2.75) is 19.4 Å². The molecule has 1 aromatic carbocycles. The SMILES string of the molecule is COc1ccc(C(C)N2CCCS(=O)(=O)CC2)c(O)c1. The van der Waals surface area contributed by atoms with E-state index in [9.17, 15) is 13.5 Å². The molecule has 5 nitrogen and oxygen atoms in total. The van der Waals surface area contributed by atoms with Crippen LogP contribution in [0, 0.1) is 0 Å². The smallest absolute Gasteiger partial charge is 0.151 e. The summed E-state index contributed by atoms with van der Waals surface area (Å²) in [6, 6.07) is 5.20. The lowest BCUT2D eigenvalue weighted by molar-refractivity contribution is 0.223. The minimum absolute atomic E-state index is 0.0193. The molecule has 112 valence electrons. The second-order valence-electron chi connectivity index (χ2n) is 5.14. The number of phenols is 1. The summed E-state index contributed by atoms with van der Waals surface area (Å²) in [5, 5.41) is 10.1. The Bertz CT molecular complexity index is 571. The van der Waals surface area contributed by atoms with Gasteiger partial charge in [-0.3, -0.25) is 4.90 Å². The van der Waals surface area contributed by atoms with Crippen molar-refractivity contribution >= 4 is 9.84 Å². The summed E-state index contributed by atoms with van der Waals surface area (Å²) < 4.78 is 28.3. The van der Waals surface area contributed by atoms with Gasteiger partial charge in [-0.25, -0.2) is 8.42 Å². The molecule has 1 aliphatic rings. The van der Waals surface area contributed by atoms with Gasteiger partial charge in [-0.2, -0.15) is 0 Å². The van der Waals surface area contributed by atoms with Crippen molar-refractivity contribution in [1.29, 1.82) is 0 Å². The Balaban J connectivity index is 2.16. The number of hydrogen-bond acceptors (Lipinski definition) is 5. The molecule has 0 aromatic heterocycles. The van der Waals surface area contributed by atoms with Crippen LogP contribution in [0.3, 0.4) is 0 Å². The molecule has 1 unspecified atom stereocenters. The quantitative estimate of drug-likeness (QED) is 0.918. The fourth-order valence-electron chi connectivity index (χ4n) is 2.55. The predicted molar refractivity (Wildman–Crippen MR) is 77.9 cm³/mol. The molecule has 1 heterocycles. The van der Waals surface area contributed by atoms with Crippen LogP contribution in [0.1, 0.15) is 24.9 Å². The second kappa shape index (κ2) is 6.01. The van der Waals surface area contributed by atoms with Gasteiger partial charge < -0.3 is 9.84 Å². The summed E-state index contributed by atoms with van der Waals surface area (Å²) in [5.74, 6) is 1.24. The number of hydrogen-bond donors (Lipinski definition) is 1. The van der Waals surface area contributed by atoms with Gasteiger partial charge in [0.15, 0.2) is 9.84 Å². The maximum Gasteiger partial charge on any atom is 0.151 e. The van der Waals surface area contributed by atoms with Crippen molar-refractivity contribution in [3.63, 3.8) is 0 Å². The van der Waals surface area contributed by atoms with E-state index in [2.05, 4.69) is 4.90 Å². The third kappa shape index (κ3) is 3.43. The van der Waals surface area contributed by atoms with Crippen molar-refractivity contribution in [3.8, 4) is 11.5 Å². The molecule has 0 amide bonds. The van der Waals surface area contributed by atoms with Crippen LogP contribution in [0.5, 0.6) is 11.5 Å². The summed E-state index contributed by atoms with van der Waals surface area (Å²) in [7, 11) is -1.36. The zero-order valence-electron chi connectivity index (χ0n) is 11.9. The number of methoxy groups -OCH3 is 1. The average Bonchev–Trinajstić information content (AvgIpc) is 2.59. The van der Waals surface area contributed by atoms with E-state index in [0.717, 1.165) is 12.1 Å². The normalized spacial score (nSPS) is 21.1. The minimum atomic E-state index is -2.91. The van der Waals surface area contributed by atoms with Gasteiger partial charge in [0.25, 0.3) is 0 Å². The molecular weight excluding hydrogens is 278 g/mol. The van der Waals surface area contributed by atoms with Crippen molar-refractivity contribution in [2.75, 3.05) is 31.7 Å². The van der Waals surface area contributed by atoms with Gasteiger partial charge in [-0.1, -0.05) is 6.07 Å². The molecule has 1 aromatic rings. The van der Waals surface area contributed by atoms with Crippen molar-refractivity contribution in [1.82, 2.24) is 4.90 Å². The number of rotatable bonds is 3. The Morgan fingerprint density at radius 3 is 2.70 bits per heavy atom. The predicted octanol–water partition coefficient (Wildman–Crippen LogP) is 1.58. The number of ether oxygens (including phenoxy) is 1. The summed E-state index contributed by atoms with van der Waals surface area (Å²) >= 11 is 0. The Kier molecular flexibility index (Phi) is 4.55. The standard InChI is InChI=1S/C14H21NO4S/c1-11(13-5-4-12(19-2)10-14(13)16)15-6-3-8-20(17,18)9-7-15/h4-5,10-11,16H,3,6-9H2,1-2H3. The highest BCUT2D eigenvalue weighted by molar-refractivity contribution is 7.91. The average molecular weight is 299 g/mol. The largest absolute Gasteiger partial charge is 0.507 e. The molecule has 0 aliphatic carbocycles. The Morgan fingerprint density at radius 1 is 1.30 bits per heavy atom. The highest BCUT2D eigenvalue weighted by atomic mass is 32.2. The van der Waals surface area contributed by atoms with Crippen LogP contribution >= 0.6 is 0 Å². The fourth-order valence-corrected chi connectivity index (χ4v) is 3.83. The fraction of sp³-hybridized carbons (Fsp3) is 0.571. The van der Waals surface area contributed by atoms with E-state index in [0.29, 0.717) is 18.7 Å². The van der Waals surface area contributed by atoms with Gasteiger partial charge in [0.1, 0.15) is 11.5 Å². The van der Waals surface area contributed by atoms with Crippen LogP contribution in [0.15, 0.2) is 18.2 Å². The van der Waals surface area contributed by atoms with Gasteiger partial charge >= 0.3 is 0 Å². The first kappa shape index (κ1) is 15.1. The molecule has 0 spiro atoms. The van der Waals surface area contributed by atoms with Crippen LogP contribution in [-0.4, -0.2) is 50.1 Å². The van der Waals surface area contributed by atoms with E-state index >= 15 is 0 Å². The maximum atomic E-state index is 11.6. The highest BCUT2D eigenvalue weighted by Gasteiger charge is 2.24.